The van der Waals surface area contributed by atoms with Crippen LogP contribution < -0.4 is 5.46 Å². The van der Waals surface area contributed by atoms with Gasteiger partial charge in [-0.15, -0.1) is 0 Å². The predicted molar refractivity (Wildman–Crippen MR) is 73.4 cm³/mol. The van der Waals surface area contributed by atoms with Crippen molar-refractivity contribution in [3.63, 3.8) is 0 Å². The molecule has 0 radical (unpaired) electrons. The van der Waals surface area contributed by atoms with Gasteiger partial charge in [0.2, 0.25) is 0 Å². The summed E-state index contributed by atoms with van der Waals surface area (Å²) in [7, 11) is 8.51. The Balaban J connectivity index is 3.29. The average Bonchev–Trinajstić information content (AvgIpc) is 2.09. The third-order valence-electron chi connectivity index (χ3n) is 2.97. The topological polar surface area (TPSA) is 6.48 Å². The van der Waals surface area contributed by atoms with E-state index in [2.05, 4.69) is 70.7 Å². The third-order valence-corrected chi connectivity index (χ3v) is 2.97. The van der Waals surface area contributed by atoms with Crippen LogP contribution >= 0.6 is 0 Å². The molecule has 0 aliphatic carbocycles. The van der Waals surface area contributed by atoms with Crippen LogP contribution in [0.5, 0.6) is 0 Å². The van der Waals surface area contributed by atoms with Crippen molar-refractivity contribution in [2.75, 3.05) is 28.2 Å². The van der Waals surface area contributed by atoms with Crippen LogP contribution in [-0.2, 0) is 0 Å². The lowest BCUT2D eigenvalue weighted by molar-refractivity contribution is 0.530. The highest BCUT2D eigenvalue weighted by Gasteiger charge is 2.26. The van der Waals surface area contributed by atoms with E-state index in [1.165, 1.54) is 22.2 Å². The first-order chi connectivity index (χ1) is 7.34. The molecule has 0 spiro atoms. The molecule has 0 amide bonds. The number of hydrogen-bond acceptors (Lipinski definition) is 2. The molecule has 1 aromatic rings. The van der Waals surface area contributed by atoms with Gasteiger partial charge in [-0.1, -0.05) is 28.8 Å². The van der Waals surface area contributed by atoms with E-state index in [0.29, 0.717) is 6.98 Å². The van der Waals surface area contributed by atoms with Gasteiger partial charge < -0.3 is 9.62 Å². The van der Waals surface area contributed by atoms with Gasteiger partial charge in [-0.05, 0) is 54.4 Å². The Hall–Kier alpha value is -0.795. The van der Waals surface area contributed by atoms with Crippen LogP contribution in [0.2, 0.25) is 0 Å². The molecule has 1 aromatic carbocycles. The molecule has 0 N–H and O–H groups in total. The lowest BCUT2D eigenvalue weighted by atomic mass is 9.61. The summed E-state index contributed by atoms with van der Waals surface area (Å²) in [4.78, 5) is 4.51. The van der Waals surface area contributed by atoms with Crippen LogP contribution in [0.15, 0.2) is 12.1 Å². The maximum atomic E-state index is 2.27. The lowest BCUT2D eigenvalue weighted by Gasteiger charge is -2.29. The van der Waals surface area contributed by atoms with Gasteiger partial charge in [0.25, 0.3) is 0 Å². The van der Waals surface area contributed by atoms with E-state index >= 15 is 0 Å². The van der Waals surface area contributed by atoms with Crippen molar-refractivity contribution in [3.8, 4) is 0 Å². The minimum atomic E-state index is 0.348. The van der Waals surface area contributed by atoms with Gasteiger partial charge in [0.05, 0.1) is 0 Å². The van der Waals surface area contributed by atoms with Crippen molar-refractivity contribution in [3.05, 3.63) is 28.8 Å². The summed E-state index contributed by atoms with van der Waals surface area (Å²) in [6.07, 6.45) is 0. The summed E-state index contributed by atoms with van der Waals surface area (Å²) in [6.45, 7) is 6.91. The maximum absolute atomic E-state index is 2.27. The molecule has 0 aliphatic heterocycles. The molecular formula is C13H23BN2. The molecule has 1 rings (SSSR count). The summed E-state index contributed by atoms with van der Waals surface area (Å²) in [5.41, 5.74) is 5.53. The molecule has 16 heavy (non-hydrogen) atoms. The zero-order chi connectivity index (χ0) is 12.5. The standard InChI is InChI=1S/C13H23BN2/c1-10-8-11(2)13(12(3)9-10)14(15(4)5)16(6)7/h8-9H,1-7H3. The van der Waals surface area contributed by atoms with E-state index in [-0.39, 0.29) is 0 Å². The Bertz CT molecular complexity index is 341. The van der Waals surface area contributed by atoms with Crippen LogP contribution in [0, 0.1) is 20.8 Å². The first kappa shape index (κ1) is 13.3. The summed E-state index contributed by atoms with van der Waals surface area (Å²) in [5.74, 6) is 0. The monoisotopic (exact) mass is 218 g/mol. The van der Waals surface area contributed by atoms with Crippen LogP contribution in [0.25, 0.3) is 0 Å². The second-order valence-electron chi connectivity index (χ2n) is 5.11. The molecular weight excluding hydrogens is 195 g/mol. The quantitative estimate of drug-likeness (QED) is 0.708. The summed E-state index contributed by atoms with van der Waals surface area (Å²) in [5, 5.41) is 0. The zero-order valence-corrected chi connectivity index (χ0v) is 11.6. The molecule has 88 valence electrons. The molecule has 0 atom stereocenters. The highest BCUT2D eigenvalue weighted by molar-refractivity contribution is 6.68. The van der Waals surface area contributed by atoms with Crippen LogP contribution in [-0.4, -0.2) is 44.8 Å². The fraction of sp³-hybridized carbons (Fsp3) is 0.538. The first-order valence-electron chi connectivity index (χ1n) is 5.75. The molecule has 0 saturated carbocycles. The van der Waals surface area contributed by atoms with E-state index in [9.17, 15) is 0 Å². The van der Waals surface area contributed by atoms with Gasteiger partial charge in [-0.25, -0.2) is 0 Å². The van der Waals surface area contributed by atoms with E-state index < -0.39 is 0 Å². The summed E-state index contributed by atoms with van der Waals surface area (Å²) < 4.78 is 0. The predicted octanol–water partition coefficient (Wildman–Crippen LogP) is 1.43. The molecule has 2 nitrogen and oxygen atoms in total. The van der Waals surface area contributed by atoms with Gasteiger partial charge in [0.1, 0.15) is 0 Å². The number of hydrogen-bond donors (Lipinski definition) is 0. The number of nitrogens with zero attached hydrogens (tertiary/aromatic N) is 2. The number of benzene rings is 1. The van der Waals surface area contributed by atoms with E-state index in [1.807, 2.05) is 0 Å². The Morgan fingerprint density at radius 2 is 1.19 bits per heavy atom. The minimum absolute atomic E-state index is 0.348. The lowest BCUT2D eigenvalue weighted by Crippen LogP contribution is -2.56. The second-order valence-corrected chi connectivity index (χ2v) is 5.11. The average molecular weight is 218 g/mol. The summed E-state index contributed by atoms with van der Waals surface area (Å²) in [6, 6.07) is 4.53. The largest absolute Gasteiger partial charge is 0.345 e. The first-order valence-corrected chi connectivity index (χ1v) is 5.75. The fourth-order valence-corrected chi connectivity index (χ4v) is 2.58. The number of aryl methyl sites for hydroxylation is 3. The van der Waals surface area contributed by atoms with Crippen LogP contribution in [0.4, 0.5) is 0 Å². The summed E-state index contributed by atoms with van der Waals surface area (Å²) >= 11 is 0. The zero-order valence-electron chi connectivity index (χ0n) is 11.6. The Morgan fingerprint density at radius 1 is 0.812 bits per heavy atom. The van der Waals surface area contributed by atoms with E-state index in [0.717, 1.165) is 0 Å². The second kappa shape index (κ2) is 5.02. The van der Waals surface area contributed by atoms with E-state index in [4.69, 9.17) is 0 Å². The molecule has 0 heterocycles. The van der Waals surface area contributed by atoms with Gasteiger partial charge in [0, 0.05) is 0 Å². The van der Waals surface area contributed by atoms with Gasteiger partial charge in [-0.2, -0.15) is 0 Å². The van der Waals surface area contributed by atoms with Crippen molar-refractivity contribution in [1.29, 1.82) is 0 Å². The molecule has 3 heteroatoms. The maximum Gasteiger partial charge on any atom is 0.345 e. The molecule has 0 bridgehead atoms. The Labute approximate surface area is 100 Å². The third kappa shape index (κ3) is 2.66. The van der Waals surface area contributed by atoms with Crippen molar-refractivity contribution in [2.45, 2.75) is 20.8 Å². The highest BCUT2D eigenvalue weighted by atomic mass is 15.2. The van der Waals surface area contributed by atoms with Crippen molar-refractivity contribution >= 4 is 12.4 Å². The van der Waals surface area contributed by atoms with Gasteiger partial charge in [-0.3, -0.25) is 0 Å². The van der Waals surface area contributed by atoms with E-state index in [1.54, 1.807) is 0 Å². The van der Waals surface area contributed by atoms with Gasteiger partial charge >= 0.3 is 6.98 Å². The minimum Gasteiger partial charge on any atom is -0.330 e. The highest BCUT2D eigenvalue weighted by Crippen LogP contribution is 2.09. The van der Waals surface area contributed by atoms with Crippen molar-refractivity contribution in [1.82, 2.24) is 9.62 Å². The van der Waals surface area contributed by atoms with Crippen molar-refractivity contribution < 1.29 is 0 Å². The number of rotatable bonds is 3. The Morgan fingerprint density at radius 3 is 1.50 bits per heavy atom. The molecule has 0 aromatic heterocycles. The smallest absolute Gasteiger partial charge is 0.330 e. The Kier molecular flexibility index (Phi) is 4.17. The fourth-order valence-electron chi connectivity index (χ4n) is 2.58. The van der Waals surface area contributed by atoms with Crippen LogP contribution in [0.3, 0.4) is 0 Å². The molecule has 0 aliphatic rings. The molecule has 0 saturated heterocycles. The normalized spacial score (nSPS) is 11.3. The van der Waals surface area contributed by atoms with Gasteiger partial charge in [0.15, 0.2) is 0 Å². The SMILES string of the molecule is Cc1cc(C)c(B(N(C)C)N(C)C)c(C)c1. The molecule has 0 fully saturated rings. The van der Waals surface area contributed by atoms with Crippen molar-refractivity contribution in [2.24, 2.45) is 0 Å². The molecule has 0 unspecified atom stereocenters. The van der Waals surface area contributed by atoms with Crippen LogP contribution in [0.1, 0.15) is 16.7 Å².